The number of rotatable bonds is 6. The zero-order valence-electron chi connectivity index (χ0n) is 13.8. The van der Waals surface area contributed by atoms with Gasteiger partial charge in [-0.25, -0.2) is 4.39 Å². The average Bonchev–Trinajstić information content (AvgIpc) is 3.08. The Bertz CT molecular complexity index is 674. The molecule has 3 rings (SSSR count). The second kappa shape index (κ2) is 8.04. The zero-order valence-corrected chi connectivity index (χ0v) is 13.8. The minimum atomic E-state index is -0.221. The highest BCUT2D eigenvalue weighted by Gasteiger charge is 2.28. The van der Waals surface area contributed by atoms with Crippen molar-refractivity contribution >= 4 is 5.91 Å². The summed E-state index contributed by atoms with van der Waals surface area (Å²) >= 11 is 0. The molecule has 0 saturated carbocycles. The van der Waals surface area contributed by atoms with Crippen molar-refractivity contribution in [2.24, 2.45) is 0 Å². The Kier molecular flexibility index (Phi) is 5.57. The number of likely N-dealkylation sites (tertiary alicyclic amines) is 1. The first-order valence-electron chi connectivity index (χ1n) is 8.66. The molecule has 3 nitrogen and oxygen atoms in total. The van der Waals surface area contributed by atoms with Crippen LogP contribution < -0.4 is 0 Å². The Balaban J connectivity index is 1.52. The predicted octanol–water partition coefficient (Wildman–Crippen LogP) is 3.78. The van der Waals surface area contributed by atoms with Crippen LogP contribution in [0, 0.1) is 5.82 Å². The van der Waals surface area contributed by atoms with Gasteiger partial charge in [0.25, 0.3) is 0 Å². The summed E-state index contributed by atoms with van der Waals surface area (Å²) < 4.78 is 13.7. The molecule has 0 bridgehead atoms. The van der Waals surface area contributed by atoms with E-state index in [-0.39, 0.29) is 11.7 Å². The Hall–Kier alpha value is -2.23. The number of carbonyl (C=O) groups excluding carboxylic acids is 1. The van der Waals surface area contributed by atoms with Crippen LogP contribution in [0.4, 0.5) is 4.39 Å². The molecule has 2 heterocycles. The normalized spacial score (nSPS) is 17.2. The predicted molar refractivity (Wildman–Crippen MR) is 92.0 cm³/mol. The van der Waals surface area contributed by atoms with Crippen molar-refractivity contribution in [3.8, 4) is 0 Å². The summed E-state index contributed by atoms with van der Waals surface area (Å²) in [5, 5.41) is 0. The van der Waals surface area contributed by atoms with Crippen molar-refractivity contribution < 1.29 is 9.18 Å². The van der Waals surface area contributed by atoms with Crippen molar-refractivity contribution in [2.75, 3.05) is 6.54 Å². The number of aryl methyl sites for hydroxylation is 2. The van der Waals surface area contributed by atoms with Crippen molar-refractivity contribution in [1.29, 1.82) is 0 Å². The van der Waals surface area contributed by atoms with Crippen LogP contribution in [0.25, 0.3) is 0 Å². The lowest BCUT2D eigenvalue weighted by molar-refractivity contribution is -0.132. The van der Waals surface area contributed by atoms with E-state index in [1.54, 1.807) is 24.5 Å². The molecule has 4 heteroatoms. The number of hydrogen-bond donors (Lipinski definition) is 0. The van der Waals surface area contributed by atoms with Gasteiger partial charge >= 0.3 is 0 Å². The van der Waals surface area contributed by atoms with E-state index >= 15 is 0 Å². The smallest absolute Gasteiger partial charge is 0.223 e. The van der Waals surface area contributed by atoms with Crippen LogP contribution >= 0.6 is 0 Å². The molecule has 0 aliphatic carbocycles. The molecule has 126 valence electrons. The first-order chi connectivity index (χ1) is 11.7. The molecule has 0 N–H and O–H groups in total. The molecule has 0 radical (unpaired) electrons. The highest BCUT2D eigenvalue weighted by Crippen LogP contribution is 2.23. The van der Waals surface area contributed by atoms with Gasteiger partial charge in [-0.05, 0) is 61.4 Å². The van der Waals surface area contributed by atoms with Gasteiger partial charge in [-0.2, -0.15) is 0 Å². The van der Waals surface area contributed by atoms with E-state index in [1.165, 1.54) is 11.6 Å². The third kappa shape index (κ3) is 4.19. The van der Waals surface area contributed by atoms with E-state index in [4.69, 9.17) is 0 Å². The number of carbonyl (C=O) groups is 1. The lowest BCUT2D eigenvalue weighted by Gasteiger charge is -2.25. The van der Waals surface area contributed by atoms with Gasteiger partial charge in [-0.1, -0.05) is 18.2 Å². The van der Waals surface area contributed by atoms with Gasteiger partial charge in [-0.3, -0.25) is 9.78 Å². The summed E-state index contributed by atoms with van der Waals surface area (Å²) in [6.45, 7) is 0.830. The van der Waals surface area contributed by atoms with Crippen LogP contribution in [0.15, 0.2) is 48.8 Å². The molecule has 0 spiro atoms. The van der Waals surface area contributed by atoms with Crippen LogP contribution in [0.3, 0.4) is 0 Å². The van der Waals surface area contributed by atoms with Gasteiger partial charge in [0.1, 0.15) is 5.82 Å². The van der Waals surface area contributed by atoms with Crippen LogP contribution in [0.1, 0.15) is 36.8 Å². The molecule has 1 aromatic carbocycles. The van der Waals surface area contributed by atoms with E-state index in [0.717, 1.165) is 32.2 Å². The molecule has 2 aromatic rings. The van der Waals surface area contributed by atoms with E-state index < -0.39 is 0 Å². The molecule has 1 aliphatic heterocycles. The summed E-state index contributed by atoms with van der Waals surface area (Å²) in [5.74, 6) is -0.0727. The monoisotopic (exact) mass is 326 g/mol. The first-order valence-corrected chi connectivity index (χ1v) is 8.66. The maximum absolute atomic E-state index is 13.7. The fourth-order valence-electron chi connectivity index (χ4n) is 3.43. The topological polar surface area (TPSA) is 33.2 Å². The molecule has 1 atom stereocenters. The molecule has 1 aromatic heterocycles. The second-order valence-corrected chi connectivity index (χ2v) is 6.37. The van der Waals surface area contributed by atoms with Crippen molar-refractivity contribution in [3.05, 3.63) is 65.7 Å². The Morgan fingerprint density at radius 1 is 1.17 bits per heavy atom. The number of halogens is 1. The number of amides is 1. The number of hydrogen-bond acceptors (Lipinski definition) is 2. The third-order valence-electron chi connectivity index (χ3n) is 4.78. The number of benzene rings is 1. The zero-order chi connectivity index (χ0) is 16.8. The standard InChI is InChI=1S/C20H23FN2O/c21-19-6-2-1-4-17(19)8-10-20(24)23-15-3-5-18(23)9-7-16-11-13-22-14-12-16/h1-2,4,6,11-14,18H,3,5,7-10,15H2/t18-/m1/s1. The van der Waals surface area contributed by atoms with Crippen molar-refractivity contribution in [3.63, 3.8) is 0 Å². The maximum Gasteiger partial charge on any atom is 0.223 e. The van der Waals surface area contributed by atoms with Crippen LogP contribution in [0.5, 0.6) is 0 Å². The summed E-state index contributed by atoms with van der Waals surface area (Å²) in [7, 11) is 0. The van der Waals surface area contributed by atoms with Crippen LogP contribution in [-0.2, 0) is 17.6 Å². The van der Waals surface area contributed by atoms with E-state index in [1.807, 2.05) is 23.1 Å². The molecule has 1 saturated heterocycles. The lowest BCUT2D eigenvalue weighted by Crippen LogP contribution is -2.36. The quantitative estimate of drug-likeness (QED) is 0.809. The highest BCUT2D eigenvalue weighted by atomic mass is 19.1. The van der Waals surface area contributed by atoms with Crippen molar-refractivity contribution in [2.45, 2.75) is 44.6 Å². The fraction of sp³-hybridized carbons (Fsp3) is 0.400. The number of aromatic nitrogens is 1. The molecule has 1 fully saturated rings. The van der Waals surface area contributed by atoms with Gasteiger partial charge in [-0.15, -0.1) is 0 Å². The minimum Gasteiger partial charge on any atom is -0.340 e. The summed E-state index contributed by atoms with van der Waals surface area (Å²) in [6, 6.07) is 11.1. The van der Waals surface area contributed by atoms with Gasteiger partial charge in [0.2, 0.25) is 5.91 Å². The number of pyridine rings is 1. The largest absolute Gasteiger partial charge is 0.340 e. The number of nitrogens with zero attached hydrogens (tertiary/aromatic N) is 2. The van der Waals surface area contributed by atoms with E-state index in [0.29, 0.717) is 24.4 Å². The maximum atomic E-state index is 13.7. The molecular weight excluding hydrogens is 303 g/mol. The summed E-state index contributed by atoms with van der Waals surface area (Å²) in [4.78, 5) is 18.6. The Morgan fingerprint density at radius 3 is 2.75 bits per heavy atom. The summed E-state index contributed by atoms with van der Waals surface area (Å²) in [5.41, 5.74) is 1.88. The highest BCUT2D eigenvalue weighted by molar-refractivity contribution is 5.77. The molecule has 24 heavy (non-hydrogen) atoms. The van der Waals surface area contributed by atoms with E-state index in [9.17, 15) is 9.18 Å². The van der Waals surface area contributed by atoms with Gasteiger partial charge in [0.15, 0.2) is 0 Å². The summed E-state index contributed by atoms with van der Waals surface area (Å²) in [6.07, 6.45) is 8.54. The Labute approximate surface area is 142 Å². The SMILES string of the molecule is O=C(CCc1ccccc1F)N1CCC[C@@H]1CCc1ccncc1. The molecule has 1 amide bonds. The second-order valence-electron chi connectivity index (χ2n) is 6.37. The lowest BCUT2D eigenvalue weighted by atomic mass is 10.0. The fourth-order valence-corrected chi connectivity index (χ4v) is 3.43. The van der Waals surface area contributed by atoms with Gasteiger partial charge < -0.3 is 4.90 Å². The molecule has 1 aliphatic rings. The van der Waals surface area contributed by atoms with Crippen LogP contribution in [0.2, 0.25) is 0 Å². The van der Waals surface area contributed by atoms with Gasteiger partial charge in [0, 0.05) is 31.4 Å². The molecular formula is C20H23FN2O. The van der Waals surface area contributed by atoms with Crippen LogP contribution in [-0.4, -0.2) is 28.4 Å². The average molecular weight is 326 g/mol. The van der Waals surface area contributed by atoms with Crippen molar-refractivity contribution in [1.82, 2.24) is 9.88 Å². The first kappa shape index (κ1) is 16.6. The van der Waals surface area contributed by atoms with Gasteiger partial charge in [0.05, 0.1) is 0 Å². The third-order valence-corrected chi connectivity index (χ3v) is 4.78. The van der Waals surface area contributed by atoms with E-state index in [2.05, 4.69) is 4.98 Å². The molecule has 0 unspecified atom stereocenters. The Morgan fingerprint density at radius 2 is 1.96 bits per heavy atom. The minimum absolute atomic E-state index is 0.149.